The third-order valence-corrected chi connectivity index (χ3v) is 8.79. The number of benzene rings is 1. The van der Waals surface area contributed by atoms with Gasteiger partial charge in [0.2, 0.25) is 15.9 Å². The summed E-state index contributed by atoms with van der Waals surface area (Å²) in [6.07, 6.45) is 6.88. The third kappa shape index (κ3) is 5.22. The molecule has 0 bridgehead atoms. The maximum Gasteiger partial charge on any atom is 0.248 e. The fraction of sp³-hybridized carbons (Fsp3) is 0.520. The summed E-state index contributed by atoms with van der Waals surface area (Å²) in [6.45, 7) is 8.00. The number of nitrogens with zero attached hydrogens (tertiary/aromatic N) is 3. The van der Waals surface area contributed by atoms with E-state index in [-0.39, 0.29) is 29.0 Å². The minimum atomic E-state index is -3.84. The quantitative estimate of drug-likeness (QED) is 0.655. The highest BCUT2D eigenvalue weighted by atomic mass is 32.2. The smallest absolute Gasteiger partial charge is 0.248 e. The molecule has 1 aromatic carbocycles. The highest BCUT2D eigenvalue weighted by molar-refractivity contribution is 7.89. The first-order valence-electron chi connectivity index (χ1n) is 11.8. The molecule has 2 saturated heterocycles. The van der Waals surface area contributed by atoms with Gasteiger partial charge in [0.1, 0.15) is 5.69 Å². The zero-order valence-corrected chi connectivity index (χ0v) is 20.5. The van der Waals surface area contributed by atoms with Crippen molar-refractivity contribution in [1.82, 2.24) is 14.4 Å². The molecule has 0 N–H and O–H groups in total. The molecule has 33 heavy (non-hydrogen) atoms. The van der Waals surface area contributed by atoms with Crippen LogP contribution in [-0.4, -0.2) is 54.9 Å². The summed E-state index contributed by atoms with van der Waals surface area (Å²) < 4.78 is 34.0. The molecule has 7 nitrogen and oxygen atoms in total. The van der Waals surface area contributed by atoms with Crippen LogP contribution in [0.3, 0.4) is 0 Å². The minimum absolute atomic E-state index is 0.0864. The van der Waals surface area contributed by atoms with Gasteiger partial charge in [0, 0.05) is 26.2 Å². The molecule has 178 valence electrons. The SMILES string of the molecule is Cc1ccc(/C=C/c2onc(C)c2S(=O)(=O)N2CCCC(C(=O)N3CCC(C)CC3)C2)cc1. The first kappa shape index (κ1) is 23.7. The van der Waals surface area contributed by atoms with Gasteiger partial charge < -0.3 is 9.42 Å². The van der Waals surface area contributed by atoms with Gasteiger partial charge in [-0.1, -0.05) is 48.0 Å². The Hall–Kier alpha value is -2.45. The second kappa shape index (κ2) is 9.81. The van der Waals surface area contributed by atoms with E-state index >= 15 is 0 Å². The molecule has 1 atom stereocenters. The van der Waals surface area contributed by atoms with Gasteiger partial charge in [0.25, 0.3) is 0 Å². The van der Waals surface area contributed by atoms with E-state index < -0.39 is 10.0 Å². The summed E-state index contributed by atoms with van der Waals surface area (Å²) >= 11 is 0. The van der Waals surface area contributed by atoms with Crippen molar-refractivity contribution in [3.05, 3.63) is 46.8 Å². The van der Waals surface area contributed by atoms with Crippen LogP contribution >= 0.6 is 0 Å². The molecule has 0 aliphatic carbocycles. The number of hydrogen-bond donors (Lipinski definition) is 0. The normalized spacial score (nSPS) is 21.1. The molecule has 8 heteroatoms. The molecule has 0 saturated carbocycles. The maximum atomic E-state index is 13.6. The second-order valence-electron chi connectivity index (χ2n) is 9.42. The molecule has 2 aromatic rings. The lowest BCUT2D eigenvalue weighted by molar-refractivity contribution is -0.138. The van der Waals surface area contributed by atoms with Crippen LogP contribution in [0.2, 0.25) is 0 Å². The monoisotopic (exact) mass is 471 g/mol. The highest BCUT2D eigenvalue weighted by Gasteiger charge is 2.38. The van der Waals surface area contributed by atoms with E-state index in [1.165, 1.54) is 4.31 Å². The maximum absolute atomic E-state index is 13.6. The van der Waals surface area contributed by atoms with E-state index in [0.717, 1.165) is 43.5 Å². The third-order valence-electron chi connectivity index (χ3n) is 6.76. The van der Waals surface area contributed by atoms with Crippen molar-refractivity contribution in [3.63, 3.8) is 0 Å². The molecule has 0 spiro atoms. The van der Waals surface area contributed by atoms with Crippen molar-refractivity contribution < 1.29 is 17.7 Å². The number of carbonyl (C=O) groups excluding carboxylic acids is 1. The van der Waals surface area contributed by atoms with Crippen molar-refractivity contribution in [2.24, 2.45) is 11.8 Å². The van der Waals surface area contributed by atoms with E-state index in [1.54, 1.807) is 13.0 Å². The highest BCUT2D eigenvalue weighted by Crippen LogP contribution is 2.30. The van der Waals surface area contributed by atoms with Crippen molar-refractivity contribution in [2.75, 3.05) is 26.2 Å². The summed E-state index contributed by atoms with van der Waals surface area (Å²) in [5, 5.41) is 3.93. The molecule has 1 unspecified atom stereocenters. The van der Waals surface area contributed by atoms with Crippen LogP contribution in [-0.2, 0) is 14.8 Å². The Morgan fingerprint density at radius 2 is 1.76 bits per heavy atom. The van der Waals surface area contributed by atoms with Crippen LogP contribution in [0.25, 0.3) is 12.2 Å². The number of aryl methyl sites for hydroxylation is 2. The Balaban J connectivity index is 1.52. The van der Waals surface area contributed by atoms with Crippen molar-refractivity contribution in [2.45, 2.75) is 51.3 Å². The fourth-order valence-corrected chi connectivity index (χ4v) is 6.40. The van der Waals surface area contributed by atoms with Gasteiger partial charge in [-0.3, -0.25) is 4.79 Å². The summed E-state index contributed by atoms with van der Waals surface area (Å²) in [7, 11) is -3.84. The first-order chi connectivity index (χ1) is 15.8. The van der Waals surface area contributed by atoms with Gasteiger partial charge in [0.15, 0.2) is 10.7 Å². The Kier molecular flexibility index (Phi) is 7.05. The number of sulfonamides is 1. The van der Waals surface area contributed by atoms with Gasteiger partial charge in [-0.15, -0.1) is 0 Å². The average molecular weight is 472 g/mol. The minimum Gasteiger partial charge on any atom is -0.355 e. The number of aromatic nitrogens is 1. The molecule has 4 rings (SSSR count). The number of carbonyl (C=O) groups is 1. The van der Waals surface area contributed by atoms with Crippen LogP contribution in [0, 0.1) is 25.7 Å². The van der Waals surface area contributed by atoms with Crippen LogP contribution in [0.4, 0.5) is 0 Å². The zero-order valence-electron chi connectivity index (χ0n) is 19.7. The Bertz CT molecular complexity index is 1110. The van der Waals surface area contributed by atoms with Gasteiger partial charge in [-0.05, 0) is 57.1 Å². The second-order valence-corrected chi connectivity index (χ2v) is 11.3. The van der Waals surface area contributed by atoms with Gasteiger partial charge in [0.05, 0.1) is 5.92 Å². The summed E-state index contributed by atoms with van der Waals surface area (Å²) in [5.74, 6) is 0.642. The summed E-state index contributed by atoms with van der Waals surface area (Å²) in [4.78, 5) is 15.1. The molecule has 2 aliphatic heterocycles. The number of likely N-dealkylation sites (tertiary alicyclic amines) is 1. The first-order valence-corrected chi connectivity index (χ1v) is 13.2. The molecular weight excluding hydrogens is 438 g/mol. The van der Waals surface area contributed by atoms with Crippen LogP contribution < -0.4 is 0 Å². The van der Waals surface area contributed by atoms with Crippen molar-refractivity contribution >= 4 is 28.1 Å². The topological polar surface area (TPSA) is 83.7 Å². The Morgan fingerprint density at radius 3 is 2.45 bits per heavy atom. The molecule has 2 aliphatic rings. The molecule has 2 fully saturated rings. The Morgan fingerprint density at radius 1 is 1.06 bits per heavy atom. The van der Waals surface area contributed by atoms with E-state index in [1.807, 2.05) is 42.2 Å². The predicted molar refractivity (Wildman–Crippen MR) is 128 cm³/mol. The fourth-order valence-electron chi connectivity index (χ4n) is 4.63. The van der Waals surface area contributed by atoms with E-state index in [4.69, 9.17) is 4.52 Å². The van der Waals surface area contributed by atoms with Crippen LogP contribution in [0.1, 0.15) is 55.2 Å². The van der Waals surface area contributed by atoms with E-state index in [9.17, 15) is 13.2 Å². The number of hydrogen-bond acceptors (Lipinski definition) is 5. The van der Waals surface area contributed by atoms with Crippen LogP contribution in [0.15, 0.2) is 33.7 Å². The molecular formula is C25H33N3O4S. The van der Waals surface area contributed by atoms with Gasteiger partial charge in [-0.25, -0.2) is 8.42 Å². The number of rotatable bonds is 5. The Labute approximate surface area is 196 Å². The average Bonchev–Trinajstić information content (AvgIpc) is 3.20. The summed E-state index contributed by atoms with van der Waals surface area (Å²) in [6, 6.07) is 7.92. The molecule has 0 radical (unpaired) electrons. The van der Waals surface area contributed by atoms with E-state index in [2.05, 4.69) is 12.1 Å². The number of piperidine rings is 2. The molecule has 1 aromatic heterocycles. The number of amides is 1. The lowest BCUT2D eigenvalue weighted by atomic mass is 9.94. The molecule has 1 amide bonds. The lowest BCUT2D eigenvalue weighted by Gasteiger charge is -2.36. The van der Waals surface area contributed by atoms with Crippen LogP contribution in [0.5, 0.6) is 0 Å². The lowest BCUT2D eigenvalue weighted by Crippen LogP contribution is -2.48. The van der Waals surface area contributed by atoms with Gasteiger partial charge >= 0.3 is 0 Å². The standard InChI is InChI=1S/C25H33N3O4S/c1-18-6-8-21(9-7-18)10-11-23-24(20(3)26-32-23)33(30,31)28-14-4-5-22(17-28)25(29)27-15-12-19(2)13-16-27/h6-11,19,22H,4-5,12-17H2,1-3H3/b11-10+. The summed E-state index contributed by atoms with van der Waals surface area (Å²) in [5.41, 5.74) is 2.42. The van der Waals surface area contributed by atoms with Crippen molar-refractivity contribution in [1.29, 1.82) is 0 Å². The predicted octanol–water partition coefficient (Wildman–Crippen LogP) is 4.12. The molecule has 3 heterocycles. The van der Waals surface area contributed by atoms with Gasteiger partial charge in [-0.2, -0.15) is 4.31 Å². The van der Waals surface area contributed by atoms with E-state index in [0.29, 0.717) is 24.6 Å². The van der Waals surface area contributed by atoms with Crippen molar-refractivity contribution in [3.8, 4) is 0 Å². The zero-order chi connectivity index (χ0) is 23.6. The largest absolute Gasteiger partial charge is 0.355 e.